The number of nitrogens with one attached hydrogen (secondary N) is 2. The zero-order valence-electron chi connectivity index (χ0n) is 8.00. The summed E-state index contributed by atoms with van der Waals surface area (Å²) < 4.78 is 0. The van der Waals surface area contributed by atoms with Gasteiger partial charge in [0.1, 0.15) is 5.82 Å². The first-order valence-corrected chi connectivity index (χ1v) is 4.51. The molecule has 0 aromatic carbocycles. The number of carbonyl (C=O) groups excluding carboxylic acids is 1. The second-order valence-electron chi connectivity index (χ2n) is 2.80. The van der Waals surface area contributed by atoms with Crippen LogP contribution in [0.2, 0.25) is 0 Å². The molecule has 0 aliphatic heterocycles. The summed E-state index contributed by atoms with van der Waals surface area (Å²) in [5.74, 6) is 0.430. The molecule has 1 aromatic rings. The van der Waals surface area contributed by atoms with Crippen LogP contribution in [0.25, 0.3) is 0 Å². The Balaban J connectivity index is 2.60. The zero-order chi connectivity index (χ0) is 10.6. The molecule has 0 unspecified atom stereocenters. The van der Waals surface area contributed by atoms with E-state index in [0.717, 1.165) is 5.69 Å². The molecule has 1 aromatic heterocycles. The fourth-order valence-corrected chi connectivity index (χ4v) is 1.17. The van der Waals surface area contributed by atoms with E-state index in [4.69, 9.17) is 12.2 Å². The molecular weight excluding hydrogens is 198 g/mol. The summed E-state index contributed by atoms with van der Waals surface area (Å²) in [6.07, 6.45) is 0. The smallest absolute Gasteiger partial charge is 0.222 e. The number of thiocarbonyl (C=S) groups is 1. The van der Waals surface area contributed by atoms with Crippen molar-refractivity contribution in [2.45, 2.75) is 13.8 Å². The summed E-state index contributed by atoms with van der Waals surface area (Å²) in [5, 5.41) is 5.51. The lowest BCUT2D eigenvalue weighted by Gasteiger charge is -2.06. The Hall–Kier alpha value is -1.49. The molecular formula is C9H11N3OS. The van der Waals surface area contributed by atoms with E-state index in [-0.39, 0.29) is 11.0 Å². The van der Waals surface area contributed by atoms with Gasteiger partial charge in [0, 0.05) is 12.6 Å². The quantitative estimate of drug-likeness (QED) is 0.683. The number of hydrogen-bond donors (Lipinski definition) is 2. The van der Waals surface area contributed by atoms with Gasteiger partial charge in [-0.3, -0.25) is 4.79 Å². The van der Waals surface area contributed by atoms with Crippen LogP contribution in [0.1, 0.15) is 12.6 Å². The summed E-state index contributed by atoms with van der Waals surface area (Å²) in [5.41, 5.74) is 0.889. The van der Waals surface area contributed by atoms with Crippen LogP contribution in [0.3, 0.4) is 0 Å². The van der Waals surface area contributed by atoms with Gasteiger partial charge in [0.25, 0.3) is 0 Å². The average molecular weight is 209 g/mol. The largest absolute Gasteiger partial charge is 0.317 e. The average Bonchev–Trinajstić information content (AvgIpc) is 2.01. The van der Waals surface area contributed by atoms with Crippen LogP contribution in [-0.2, 0) is 4.79 Å². The first-order chi connectivity index (χ1) is 6.58. The number of aromatic nitrogens is 1. The van der Waals surface area contributed by atoms with Crippen LogP contribution < -0.4 is 10.6 Å². The van der Waals surface area contributed by atoms with E-state index in [2.05, 4.69) is 15.6 Å². The molecule has 0 saturated carbocycles. The second kappa shape index (κ2) is 4.66. The second-order valence-corrected chi connectivity index (χ2v) is 3.21. The van der Waals surface area contributed by atoms with E-state index >= 15 is 0 Å². The molecule has 0 spiro atoms. The number of aryl methyl sites for hydroxylation is 1. The van der Waals surface area contributed by atoms with Crippen LogP contribution in [0.4, 0.5) is 5.82 Å². The molecule has 5 heteroatoms. The SMILES string of the molecule is CC(=O)NC(=S)Nc1cccc(C)n1. The first-order valence-electron chi connectivity index (χ1n) is 4.10. The normalized spacial score (nSPS) is 9.29. The Bertz CT molecular complexity index is 365. The number of pyridine rings is 1. The van der Waals surface area contributed by atoms with E-state index in [1.165, 1.54) is 6.92 Å². The summed E-state index contributed by atoms with van der Waals surface area (Å²) >= 11 is 4.87. The van der Waals surface area contributed by atoms with Gasteiger partial charge in [0.15, 0.2) is 5.11 Å². The first kappa shape index (κ1) is 10.6. The third-order valence-electron chi connectivity index (χ3n) is 1.42. The van der Waals surface area contributed by atoms with Crippen LogP contribution in [0, 0.1) is 6.92 Å². The lowest BCUT2D eigenvalue weighted by molar-refractivity contribution is -0.117. The van der Waals surface area contributed by atoms with Gasteiger partial charge < -0.3 is 10.6 Å². The fourth-order valence-electron chi connectivity index (χ4n) is 0.920. The molecule has 0 fully saturated rings. The van der Waals surface area contributed by atoms with Crippen molar-refractivity contribution in [2.24, 2.45) is 0 Å². The Morgan fingerprint density at radius 1 is 1.50 bits per heavy atom. The van der Waals surface area contributed by atoms with Gasteiger partial charge in [-0.1, -0.05) is 6.07 Å². The maximum Gasteiger partial charge on any atom is 0.222 e. The highest BCUT2D eigenvalue weighted by molar-refractivity contribution is 7.80. The molecule has 2 N–H and O–H groups in total. The molecule has 0 aliphatic carbocycles. The van der Waals surface area contributed by atoms with Crippen molar-refractivity contribution < 1.29 is 4.79 Å². The van der Waals surface area contributed by atoms with Gasteiger partial charge in [0.05, 0.1) is 0 Å². The number of nitrogens with zero attached hydrogens (tertiary/aromatic N) is 1. The Kier molecular flexibility index (Phi) is 3.53. The highest BCUT2D eigenvalue weighted by atomic mass is 32.1. The molecule has 0 aliphatic rings. The van der Waals surface area contributed by atoms with Crippen molar-refractivity contribution in [3.8, 4) is 0 Å². The van der Waals surface area contributed by atoms with Crippen LogP contribution in [0.5, 0.6) is 0 Å². The van der Waals surface area contributed by atoms with E-state index in [1.54, 1.807) is 6.07 Å². The zero-order valence-corrected chi connectivity index (χ0v) is 8.81. The van der Waals surface area contributed by atoms with E-state index in [9.17, 15) is 4.79 Å². The topological polar surface area (TPSA) is 54.0 Å². The molecule has 0 radical (unpaired) electrons. The van der Waals surface area contributed by atoms with Crippen molar-refractivity contribution in [1.82, 2.24) is 10.3 Å². The van der Waals surface area contributed by atoms with Crippen LogP contribution >= 0.6 is 12.2 Å². The van der Waals surface area contributed by atoms with Crippen molar-refractivity contribution in [3.63, 3.8) is 0 Å². The maximum absolute atomic E-state index is 10.7. The Morgan fingerprint density at radius 3 is 2.79 bits per heavy atom. The minimum Gasteiger partial charge on any atom is -0.317 e. The van der Waals surface area contributed by atoms with Gasteiger partial charge in [-0.25, -0.2) is 4.98 Å². The number of anilines is 1. The molecule has 0 saturated heterocycles. The minimum absolute atomic E-state index is 0.199. The monoisotopic (exact) mass is 209 g/mol. The van der Waals surface area contributed by atoms with Crippen molar-refractivity contribution in [2.75, 3.05) is 5.32 Å². The molecule has 1 amide bonds. The summed E-state index contributed by atoms with van der Waals surface area (Å²) in [4.78, 5) is 14.8. The van der Waals surface area contributed by atoms with E-state index < -0.39 is 0 Å². The van der Waals surface area contributed by atoms with E-state index in [0.29, 0.717) is 5.82 Å². The molecule has 0 atom stereocenters. The lowest BCUT2D eigenvalue weighted by Crippen LogP contribution is -2.32. The van der Waals surface area contributed by atoms with E-state index in [1.807, 2.05) is 19.1 Å². The highest BCUT2D eigenvalue weighted by Crippen LogP contribution is 2.02. The van der Waals surface area contributed by atoms with Crippen molar-refractivity contribution >= 4 is 29.1 Å². The molecule has 0 bridgehead atoms. The molecule has 1 heterocycles. The fraction of sp³-hybridized carbons (Fsp3) is 0.222. The van der Waals surface area contributed by atoms with Gasteiger partial charge in [-0.2, -0.15) is 0 Å². The van der Waals surface area contributed by atoms with Gasteiger partial charge in [-0.05, 0) is 31.3 Å². The predicted octanol–water partition coefficient (Wildman–Crippen LogP) is 1.22. The summed E-state index contributed by atoms with van der Waals surface area (Å²) in [6.45, 7) is 3.28. The van der Waals surface area contributed by atoms with Gasteiger partial charge in [-0.15, -0.1) is 0 Å². The van der Waals surface area contributed by atoms with Gasteiger partial charge >= 0.3 is 0 Å². The summed E-state index contributed by atoms with van der Waals surface area (Å²) in [6, 6.07) is 5.52. The molecule has 14 heavy (non-hydrogen) atoms. The number of rotatable bonds is 1. The molecule has 1 rings (SSSR count). The molecule has 74 valence electrons. The molecule has 4 nitrogen and oxygen atoms in total. The highest BCUT2D eigenvalue weighted by Gasteiger charge is 1.99. The number of carbonyl (C=O) groups is 1. The maximum atomic E-state index is 10.7. The van der Waals surface area contributed by atoms with Crippen LogP contribution in [0.15, 0.2) is 18.2 Å². The van der Waals surface area contributed by atoms with Crippen molar-refractivity contribution in [3.05, 3.63) is 23.9 Å². The third kappa shape index (κ3) is 3.49. The summed E-state index contributed by atoms with van der Waals surface area (Å²) in [7, 11) is 0. The van der Waals surface area contributed by atoms with Crippen molar-refractivity contribution in [1.29, 1.82) is 0 Å². The Morgan fingerprint density at radius 2 is 2.21 bits per heavy atom. The lowest BCUT2D eigenvalue weighted by atomic mass is 10.4. The predicted molar refractivity (Wildman–Crippen MR) is 59.0 cm³/mol. The standard InChI is InChI=1S/C9H11N3OS/c1-6-4-3-5-8(10-6)12-9(14)11-7(2)13/h3-5H,1-2H3,(H2,10,11,12,13,14). The third-order valence-corrected chi connectivity index (χ3v) is 1.62. The van der Waals surface area contributed by atoms with Gasteiger partial charge in [0.2, 0.25) is 5.91 Å². The minimum atomic E-state index is -0.199. The number of hydrogen-bond acceptors (Lipinski definition) is 3. The number of amides is 1. The Labute approximate surface area is 87.7 Å². The van der Waals surface area contributed by atoms with Crippen LogP contribution in [-0.4, -0.2) is 16.0 Å².